The van der Waals surface area contributed by atoms with Gasteiger partial charge in [0, 0.05) is 11.6 Å². The van der Waals surface area contributed by atoms with E-state index in [1.165, 1.54) is 0 Å². The lowest BCUT2D eigenvalue weighted by molar-refractivity contribution is -0.143. The Bertz CT molecular complexity index is 687. The smallest absolute Gasteiger partial charge is 0.292 e. The first-order valence-electron chi connectivity index (χ1n) is 6.41. The highest BCUT2D eigenvalue weighted by molar-refractivity contribution is 6.45. The van der Waals surface area contributed by atoms with Gasteiger partial charge in [-0.05, 0) is 32.0 Å². The predicted molar refractivity (Wildman–Crippen MR) is 69.8 cm³/mol. The molecule has 0 unspecified atom stereocenters. The Hall–Kier alpha value is -2.64. The quantitative estimate of drug-likeness (QED) is 0.478. The van der Waals surface area contributed by atoms with Crippen molar-refractivity contribution in [3.63, 3.8) is 0 Å². The summed E-state index contributed by atoms with van der Waals surface area (Å²) in [7, 11) is 0. The van der Waals surface area contributed by atoms with E-state index in [4.69, 9.17) is 0 Å². The minimum atomic E-state index is -1.22. The highest BCUT2D eigenvalue weighted by Gasteiger charge is 2.46. The summed E-state index contributed by atoms with van der Waals surface area (Å²) in [5.74, 6) is -5.25. The van der Waals surface area contributed by atoms with Gasteiger partial charge in [0.1, 0.15) is 0 Å². The van der Waals surface area contributed by atoms with Gasteiger partial charge in [0.05, 0.1) is 6.54 Å². The van der Waals surface area contributed by atoms with E-state index in [0.717, 1.165) is 17.0 Å². The lowest BCUT2D eigenvalue weighted by atomic mass is 10.1. The molecule has 0 N–H and O–H groups in total. The SMILES string of the molecule is CC(C)N1C(=O)C(=O)N(CC(=O)c2ccc(F)c(F)c2)C1=O. The fourth-order valence-electron chi connectivity index (χ4n) is 2.02. The van der Waals surface area contributed by atoms with Gasteiger partial charge in [0.15, 0.2) is 17.4 Å². The maximum Gasteiger partial charge on any atom is 0.334 e. The van der Waals surface area contributed by atoms with Crippen LogP contribution < -0.4 is 0 Å². The van der Waals surface area contributed by atoms with E-state index in [2.05, 4.69) is 0 Å². The van der Waals surface area contributed by atoms with Crippen LogP contribution in [-0.2, 0) is 9.59 Å². The molecule has 8 heteroatoms. The lowest BCUT2D eigenvalue weighted by Crippen LogP contribution is -2.39. The summed E-state index contributed by atoms with van der Waals surface area (Å²) in [4.78, 5) is 48.6. The van der Waals surface area contributed by atoms with Gasteiger partial charge in [-0.2, -0.15) is 0 Å². The summed E-state index contributed by atoms with van der Waals surface area (Å²) in [5, 5.41) is 0. The van der Waals surface area contributed by atoms with Crippen molar-refractivity contribution in [3.8, 4) is 0 Å². The number of Topliss-reactive ketones (excluding diaryl/α,β-unsaturated/α-hetero) is 1. The summed E-state index contributed by atoms with van der Waals surface area (Å²) in [5.41, 5.74) is -0.199. The molecular weight excluding hydrogens is 298 g/mol. The number of nitrogens with zero attached hydrogens (tertiary/aromatic N) is 2. The highest BCUT2D eigenvalue weighted by Crippen LogP contribution is 2.17. The summed E-state index contributed by atoms with van der Waals surface area (Å²) >= 11 is 0. The summed E-state index contributed by atoms with van der Waals surface area (Å²) in [6.45, 7) is 2.38. The van der Waals surface area contributed by atoms with E-state index < -0.39 is 47.8 Å². The molecule has 0 saturated carbocycles. The molecule has 1 aliphatic heterocycles. The molecule has 1 heterocycles. The number of urea groups is 1. The van der Waals surface area contributed by atoms with Crippen LogP contribution in [0.25, 0.3) is 0 Å². The maximum atomic E-state index is 13.1. The molecule has 6 nitrogen and oxygen atoms in total. The molecule has 22 heavy (non-hydrogen) atoms. The molecule has 0 atom stereocenters. The van der Waals surface area contributed by atoms with E-state index >= 15 is 0 Å². The van der Waals surface area contributed by atoms with Crippen molar-refractivity contribution in [3.05, 3.63) is 35.4 Å². The molecule has 0 bridgehead atoms. The van der Waals surface area contributed by atoms with E-state index in [9.17, 15) is 28.0 Å². The number of hydrogen-bond acceptors (Lipinski definition) is 4. The summed E-state index contributed by atoms with van der Waals surface area (Å²) < 4.78 is 25.9. The monoisotopic (exact) mass is 310 g/mol. The Morgan fingerprint density at radius 1 is 1.09 bits per heavy atom. The zero-order valence-corrected chi connectivity index (χ0v) is 11.8. The maximum absolute atomic E-state index is 13.1. The third kappa shape index (κ3) is 2.59. The number of carbonyl (C=O) groups is 4. The largest absolute Gasteiger partial charge is 0.334 e. The number of imide groups is 2. The number of halogens is 2. The number of hydrogen-bond donors (Lipinski definition) is 0. The molecule has 116 valence electrons. The van der Waals surface area contributed by atoms with E-state index in [1.807, 2.05) is 0 Å². The van der Waals surface area contributed by atoms with E-state index in [0.29, 0.717) is 11.0 Å². The van der Waals surface area contributed by atoms with Crippen molar-refractivity contribution < 1.29 is 28.0 Å². The average Bonchev–Trinajstić information content (AvgIpc) is 2.65. The van der Waals surface area contributed by atoms with Crippen LogP contribution >= 0.6 is 0 Å². The van der Waals surface area contributed by atoms with Crippen molar-refractivity contribution in [1.29, 1.82) is 0 Å². The third-order valence-corrected chi connectivity index (χ3v) is 3.14. The zero-order chi connectivity index (χ0) is 16.6. The highest BCUT2D eigenvalue weighted by atomic mass is 19.2. The first kappa shape index (κ1) is 15.7. The molecule has 1 aromatic rings. The molecular formula is C14H12F2N2O4. The van der Waals surface area contributed by atoms with Crippen LogP contribution in [0.2, 0.25) is 0 Å². The Balaban J connectivity index is 2.21. The molecule has 0 radical (unpaired) electrons. The van der Waals surface area contributed by atoms with Gasteiger partial charge in [-0.15, -0.1) is 0 Å². The van der Waals surface area contributed by atoms with Crippen LogP contribution in [0.3, 0.4) is 0 Å². The van der Waals surface area contributed by atoms with Gasteiger partial charge in [-0.1, -0.05) is 0 Å². The molecule has 0 spiro atoms. The number of carbonyl (C=O) groups excluding carboxylic acids is 4. The Morgan fingerprint density at radius 2 is 1.73 bits per heavy atom. The molecule has 1 saturated heterocycles. The number of benzene rings is 1. The lowest BCUT2D eigenvalue weighted by Gasteiger charge is -2.18. The van der Waals surface area contributed by atoms with Crippen molar-refractivity contribution in [2.75, 3.05) is 6.54 Å². The van der Waals surface area contributed by atoms with Crippen LogP contribution in [0.4, 0.5) is 13.6 Å². The summed E-state index contributed by atoms with van der Waals surface area (Å²) in [6, 6.07) is 1.04. The molecule has 4 amide bonds. The van der Waals surface area contributed by atoms with E-state index in [-0.39, 0.29) is 5.56 Å². The zero-order valence-electron chi connectivity index (χ0n) is 11.8. The minimum Gasteiger partial charge on any atom is -0.292 e. The van der Waals surface area contributed by atoms with Gasteiger partial charge in [0.2, 0.25) is 0 Å². The van der Waals surface area contributed by atoms with Gasteiger partial charge in [-0.25, -0.2) is 18.5 Å². The second-order valence-electron chi connectivity index (χ2n) is 4.99. The van der Waals surface area contributed by atoms with Gasteiger partial charge >= 0.3 is 17.8 Å². The van der Waals surface area contributed by atoms with E-state index in [1.54, 1.807) is 13.8 Å². The molecule has 0 aliphatic carbocycles. The molecule has 0 aromatic heterocycles. The number of rotatable bonds is 4. The van der Waals surface area contributed by atoms with Crippen molar-refractivity contribution in [2.24, 2.45) is 0 Å². The Labute approximate surface area is 124 Å². The normalized spacial score (nSPS) is 15.2. The van der Waals surface area contributed by atoms with Gasteiger partial charge < -0.3 is 0 Å². The minimum absolute atomic E-state index is 0.199. The van der Waals surface area contributed by atoms with Crippen LogP contribution in [0.5, 0.6) is 0 Å². The van der Waals surface area contributed by atoms with Crippen molar-refractivity contribution in [1.82, 2.24) is 9.80 Å². The topological polar surface area (TPSA) is 74.8 Å². The standard InChI is InChI=1S/C14H12F2N2O4/c1-7(2)18-13(21)12(20)17(14(18)22)6-11(19)8-3-4-9(15)10(16)5-8/h3-5,7H,6H2,1-2H3. The van der Waals surface area contributed by atoms with Crippen LogP contribution in [0.1, 0.15) is 24.2 Å². The van der Waals surface area contributed by atoms with Crippen LogP contribution in [-0.4, -0.2) is 46.0 Å². The number of ketones is 1. The molecule has 1 aromatic carbocycles. The Morgan fingerprint density at radius 3 is 2.23 bits per heavy atom. The van der Waals surface area contributed by atoms with Gasteiger partial charge in [0.25, 0.3) is 0 Å². The van der Waals surface area contributed by atoms with Crippen LogP contribution in [0, 0.1) is 11.6 Å². The third-order valence-electron chi connectivity index (χ3n) is 3.14. The number of amides is 4. The van der Waals surface area contributed by atoms with Crippen LogP contribution in [0.15, 0.2) is 18.2 Å². The molecule has 1 fully saturated rings. The van der Waals surface area contributed by atoms with Gasteiger partial charge in [-0.3, -0.25) is 19.3 Å². The fraction of sp³-hybridized carbons (Fsp3) is 0.286. The molecule has 2 rings (SSSR count). The second-order valence-corrected chi connectivity index (χ2v) is 4.99. The fourth-order valence-corrected chi connectivity index (χ4v) is 2.02. The summed E-state index contributed by atoms with van der Waals surface area (Å²) in [6.07, 6.45) is 0. The predicted octanol–water partition coefficient (Wildman–Crippen LogP) is 1.35. The average molecular weight is 310 g/mol. The molecule has 1 aliphatic rings. The Kier molecular flexibility index (Phi) is 4.03. The first-order valence-corrected chi connectivity index (χ1v) is 6.41. The van der Waals surface area contributed by atoms with Crippen molar-refractivity contribution >= 4 is 23.6 Å². The van der Waals surface area contributed by atoms with Crippen molar-refractivity contribution in [2.45, 2.75) is 19.9 Å². The first-order chi connectivity index (χ1) is 10.2. The second kappa shape index (κ2) is 5.63.